The molecular weight excluding hydrogens is 337 g/mol. The number of carbonyl (C=O) groups excluding carboxylic acids is 1. The van der Waals surface area contributed by atoms with Gasteiger partial charge >= 0.3 is 5.97 Å². The van der Waals surface area contributed by atoms with Crippen molar-refractivity contribution >= 4 is 17.5 Å². The van der Waals surface area contributed by atoms with E-state index in [1.807, 2.05) is 6.92 Å². The van der Waals surface area contributed by atoms with Crippen LogP contribution in [-0.4, -0.2) is 35.6 Å². The van der Waals surface area contributed by atoms with Gasteiger partial charge < -0.3 is 9.47 Å². The Morgan fingerprint density at radius 2 is 2.12 bits per heavy atom. The van der Waals surface area contributed by atoms with Crippen molar-refractivity contribution in [3.05, 3.63) is 41.3 Å². The average Bonchev–Trinajstić information content (AvgIpc) is 3.09. The minimum Gasteiger partial charge on any atom is -0.496 e. The number of aromatic amines is 1. The van der Waals surface area contributed by atoms with Crippen molar-refractivity contribution in [3.8, 4) is 5.75 Å². The summed E-state index contributed by atoms with van der Waals surface area (Å²) in [5.74, 6) is -0.792. The van der Waals surface area contributed by atoms with Crippen LogP contribution in [0.4, 0.5) is 10.2 Å². The Labute approximate surface area is 151 Å². The zero-order valence-electron chi connectivity index (χ0n) is 15.1. The summed E-state index contributed by atoms with van der Waals surface area (Å²) < 4.78 is 24.8. The maximum atomic E-state index is 14.0. The summed E-state index contributed by atoms with van der Waals surface area (Å²) >= 11 is 0. The predicted molar refractivity (Wildman–Crippen MR) is 95.5 cm³/mol. The lowest BCUT2D eigenvalue weighted by atomic mass is 9.76. The van der Waals surface area contributed by atoms with Crippen molar-refractivity contribution in [2.24, 2.45) is 10.9 Å². The molecule has 6 nitrogen and oxygen atoms in total. The zero-order chi connectivity index (χ0) is 18.7. The van der Waals surface area contributed by atoms with E-state index in [-0.39, 0.29) is 12.6 Å². The fourth-order valence-corrected chi connectivity index (χ4v) is 3.46. The number of methoxy groups -OCH3 is 1. The van der Waals surface area contributed by atoms with Crippen molar-refractivity contribution in [1.82, 2.24) is 10.2 Å². The van der Waals surface area contributed by atoms with Crippen LogP contribution in [0.25, 0.3) is 0 Å². The third-order valence-corrected chi connectivity index (χ3v) is 4.50. The van der Waals surface area contributed by atoms with Gasteiger partial charge in [0.1, 0.15) is 17.5 Å². The molecule has 0 bridgehead atoms. The van der Waals surface area contributed by atoms with Crippen LogP contribution in [0.2, 0.25) is 0 Å². The second-order valence-electron chi connectivity index (χ2n) is 6.12. The quantitative estimate of drug-likeness (QED) is 0.797. The third kappa shape index (κ3) is 3.21. The average molecular weight is 359 g/mol. The van der Waals surface area contributed by atoms with Gasteiger partial charge in [0.25, 0.3) is 0 Å². The SMILES string of the molecule is CCCC1=Nc2[nH]ncc2C(c2cc(F)ccc2OC)C1C(=O)OCC. The standard InChI is InChI=1S/C19H22FN3O3/c1-4-6-14-17(19(24)26-5-2)16(13-10-21-23-18(13)22-14)12-9-11(20)7-8-15(12)25-3/h7-10,16-17H,4-6H2,1-3H3,(H,21,23). The number of H-pyrrole nitrogens is 1. The van der Waals surface area contributed by atoms with E-state index in [1.165, 1.54) is 19.2 Å². The molecule has 0 radical (unpaired) electrons. The van der Waals surface area contributed by atoms with Gasteiger partial charge in [0, 0.05) is 22.8 Å². The molecule has 0 spiro atoms. The molecule has 2 unspecified atom stereocenters. The van der Waals surface area contributed by atoms with E-state index in [2.05, 4.69) is 15.2 Å². The second-order valence-corrected chi connectivity index (χ2v) is 6.12. The first-order valence-corrected chi connectivity index (χ1v) is 8.71. The van der Waals surface area contributed by atoms with Gasteiger partial charge in [-0.1, -0.05) is 13.3 Å². The highest BCUT2D eigenvalue weighted by molar-refractivity contribution is 6.06. The summed E-state index contributed by atoms with van der Waals surface area (Å²) in [5, 5.41) is 6.94. The lowest BCUT2D eigenvalue weighted by molar-refractivity contribution is -0.146. The number of fused-ring (bicyclic) bond motifs is 1. The molecule has 7 heteroatoms. The molecule has 1 aromatic carbocycles. The molecule has 26 heavy (non-hydrogen) atoms. The molecule has 0 amide bonds. The van der Waals surface area contributed by atoms with Crippen molar-refractivity contribution in [2.75, 3.05) is 13.7 Å². The van der Waals surface area contributed by atoms with E-state index >= 15 is 0 Å². The zero-order valence-corrected chi connectivity index (χ0v) is 15.1. The first kappa shape index (κ1) is 18.1. The van der Waals surface area contributed by atoms with Gasteiger partial charge in [0.2, 0.25) is 0 Å². The number of aromatic nitrogens is 2. The summed E-state index contributed by atoms with van der Waals surface area (Å²) in [6.45, 7) is 4.05. The maximum Gasteiger partial charge on any atom is 0.315 e. The molecule has 3 rings (SSSR count). The highest BCUT2D eigenvalue weighted by atomic mass is 19.1. The highest BCUT2D eigenvalue weighted by Gasteiger charge is 2.42. The van der Waals surface area contributed by atoms with Crippen LogP contribution in [0.15, 0.2) is 29.4 Å². The van der Waals surface area contributed by atoms with Crippen molar-refractivity contribution < 1.29 is 18.7 Å². The number of nitrogens with one attached hydrogen (secondary N) is 1. The van der Waals surface area contributed by atoms with E-state index in [0.717, 1.165) is 12.0 Å². The number of halogens is 1. The van der Waals surface area contributed by atoms with E-state index in [1.54, 1.807) is 19.2 Å². The number of nitrogens with zero attached hydrogens (tertiary/aromatic N) is 2. The first-order chi connectivity index (χ1) is 12.6. The maximum absolute atomic E-state index is 14.0. The van der Waals surface area contributed by atoms with Gasteiger partial charge in [-0.05, 0) is 31.5 Å². The van der Waals surface area contributed by atoms with Gasteiger partial charge in [0.05, 0.1) is 19.9 Å². The molecule has 1 N–H and O–H groups in total. The molecule has 0 fully saturated rings. The molecule has 1 aliphatic heterocycles. The Kier molecular flexibility index (Phi) is 5.35. The van der Waals surface area contributed by atoms with E-state index < -0.39 is 17.7 Å². The molecule has 138 valence electrons. The molecular formula is C19H22FN3O3. The van der Waals surface area contributed by atoms with Crippen LogP contribution in [0, 0.1) is 11.7 Å². The van der Waals surface area contributed by atoms with E-state index in [9.17, 15) is 9.18 Å². The van der Waals surface area contributed by atoms with Gasteiger partial charge in [-0.3, -0.25) is 9.89 Å². The number of carbonyl (C=O) groups is 1. The molecule has 2 heterocycles. The van der Waals surface area contributed by atoms with Gasteiger partial charge in [0.15, 0.2) is 5.82 Å². The molecule has 1 aromatic heterocycles. The van der Waals surface area contributed by atoms with Gasteiger partial charge in [-0.2, -0.15) is 5.10 Å². The minimum atomic E-state index is -0.643. The molecule has 2 aromatic rings. The van der Waals surface area contributed by atoms with Gasteiger partial charge in [-0.15, -0.1) is 0 Å². The summed E-state index contributed by atoms with van der Waals surface area (Å²) in [5.41, 5.74) is 2.02. The smallest absolute Gasteiger partial charge is 0.315 e. The predicted octanol–water partition coefficient (Wildman–Crippen LogP) is 3.75. The minimum absolute atomic E-state index is 0.264. The van der Waals surface area contributed by atoms with Crippen molar-refractivity contribution in [3.63, 3.8) is 0 Å². The fourth-order valence-electron chi connectivity index (χ4n) is 3.46. The monoisotopic (exact) mass is 359 g/mol. The number of hydrogen-bond donors (Lipinski definition) is 1. The van der Waals surface area contributed by atoms with E-state index in [4.69, 9.17) is 9.47 Å². The summed E-state index contributed by atoms with van der Waals surface area (Å²) in [4.78, 5) is 17.4. The normalized spacial score (nSPS) is 18.8. The summed E-state index contributed by atoms with van der Waals surface area (Å²) in [7, 11) is 1.52. The topological polar surface area (TPSA) is 76.6 Å². The number of hydrogen-bond acceptors (Lipinski definition) is 5. The molecule has 0 saturated heterocycles. The molecule has 0 aliphatic carbocycles. The highest BCUT2D eigenvalue weighted by Crippen LogP contribution is 2.45. The van der Waals surface area contributed by atoms with Crippen LogP contribution in [0.5, 0.6) is 5.75 Å². The molecule has 0 saturated carbocycles. The lowest BCUT2D eigenvalue weighted by Crippen LogP contribution is -2.34. The molecule has 1 aliphatic rings. The van der Waals surface area contributed by atoms with Crippen LogP contribution < -0.4 is 4.74 Å². The molecule has 2 atom stereocenters. The Bertz CT molecular complexity index is 831. The Morgan fingerprint density at radius 1 is 1.31 bits per heavy atom. The number of benzene rings is 1. The third-order valence-electron chi connectivity index (χ3n) is 4.50. The van der Waals surface area contributed by atoms with Crippen LogP contribution in [-0.2, 0) is 9.53 Å². The summed E-state index contributed by atoms with van der Waals surface area (Å²) in [6, 6.07) is 4.31. The van der Waals surface area contributed by atoms with Crippen molar-refractivity contribution in [1.29, 1.82) is 0 Å². The van der Waals surface area contributed by atoms with Crippen LogP contribution in [0.1, 0.15) is 43.7 Å². The fraction of sp³-hybridized carbons (Fsp3) is 0.421. The largest absolute Gasteiger partial charge is 0.496 e. The van der Waals surface area contributed by atoms with Gasteiger partial charge in [-0.25, -0.2) is 9.38 Å². The number of rotatable bonds is 6. The first-order valence-electron chi connectivity index (χ1n) is 8.71. The Morgan fingerprint density at radius 3 is 2.81 bits per heavy atom. The lowest BCUT2D eigenvalue weighted by Gasteiger charge is -2.31. The van der Waals surface area contributed by atoms with Crippen molar-refractivity contribution in [2.45, 2.75) is 32.6 Å². The van der Waals surface area contributed by atoms with Crippen LogP contribution in [0.3, 0.4) is 0 Å². The second kappa shape index (κ2) is 7.68. The summed E-state index contributed by atoms with van der Waals surface area (Å²) in [6.07, 6.45) is 3.09. The number of esters is 1. The van der Waals surface area contributed by atoms with Crippen LogP contribution >= 0.6 is 0 Å². The number of aliphatic imine (C=N–C) groups is 1. The number of ether oxygens (including phenoxy) is 2. The Hall–Kier alpha value is -2.70. The van der Waals surface area contributed by atoms with E-state index in [0.29, 0.717) is 29.3 Å². The Balaban J connectivity index is 2.20.